The molecule has 2 heterocycles. The quantitative estimate of drug-likeness (QED) is 0.311. The van der Waals surface area contributed by atoms with Crippen molar-refractivity contribution >= 4 is 33.3 Å². The Balaban J connectivity index is 1.37. The lowest BCUT2D eigenvalue weighted by Crippen LogP contribution is -2.08. The molecule has 0 N–H and O–H groups in total. The predicted octanol–water partition coefficient (Wildman–Crippen LogP) is 5.69. The summed E-state index contributed by atoms with van der Waals surface area (Å²) in [6, 6.07) is 8.24. The van der Waals surface area contributed by atoms with E-state index in [-0.39, 0.29) is 0 Å². The van der Waals surface area contributed by atoms with Crippen LogP contribution in [-0.2, 0) is 12.8 Å². The molecule has 1 aliphatic carbocycles. The van der Waals surface area contributed by atoms with E-state index in [0.29, 0.717) is 0 Å². The molecule has 0 amide bonds. The van der Waals surface area contributed by atoms with Crippen LogP contribution >= 0.6 is 23.1 Å². The first-order valence-corrected chi connectivity index (χ1v) is 11.1. The average Bonchev–Trinajstić information content (AvgIpc) is 3.01. The first-order valence-electron chi connectivity index (χ1n) is 9.28. The molecule has 26 heavy (non-hydrogen) atoms. The molecule has 5 heteroatoms. The van der Waals surface area contributed by atoms with Crippen LogP contribution in [0.4, 0.5) is 0 Å². The van der Waals surface area contributed by atoms with Gasteiger partial charge in [0.2, 0.25) is 0 Å². The van der Waals surface area contributed by atoms with E-state index in [4.69, 9.17) is 4.74 Å². The summed E-state index contributed by atoms with van der Waals surface area (Å²) in [5.41, 5.74) is 2.77. The van der Waals surface area contributed by atoms with Gasteiger partial charge in [-0.15, -0.1) is 23.1 Å². The number of hydrogen-bond donors (Lipinski definition) is 0. The summed E-state index contributed by atoms with van der Waals surface area (Å²) in [6.45, 7) is 5.18. The first-order chi connectivity index (χ1) is 12.7. The topological polar surface area (TPSA) is 35.0 Å². The van der Waals surface area contributed by atoms with E-state index in [9.17, 15) is 0 Å². The van der Waals surface area contributed by atoms with Crippen molar-refractivity contribution in [3.05, 3.63) is 46.6 Å². The number of thioether (sulfide) groups is 1. The summed E-state index contributed by atoms with van der Waals surface area (Å²) in [7, 11) is 0. The van der Waals surface area contributed by atoms with Crippen molar-refractivity contribution in [2.24, 2.45) is 5.92 Å². The Morgan fingerprint density at radius 1 is 1.23 bits per heavy atom. The first kappa shape index (κ1) is 17.8. The summed E-state index contributed by atoms with van der Waals surface area (Å²) >= 11 is 3.71. The molecule has 3 nitrogen and oxygen atoms in total. The van der Waals surface area contributed by atoms with Crippen LogP contribution in [0.3, 0.4) is 0 Å². The van der Waals surface area contributed by atoms with Crippen molar-refractivity contribution in [2.45, 2.75) is 44.6 Å². The Morgan fingerprint density at radius 3 is 2.92 bits per heavy atom. The number of rotatable bonds is 6. The molecule has 1 aliphatic rings. The SMILES string of the molecule is Cc1ccc(OCCCSc2ncnc3sc4c(c23)CC[C@@H](C)C4)cc1. The molecule has 3 aromatic rings. The number of fused-ring (bicyclic) bond motifs is 3. The highest BCUT2D eigenvalue weighted by atomic mass is 32.2. The largest absolute Gasteiger partial charge is 0.494 e. The van der Waals surface area contributed by atoms with Crippen LogP contribution in [0.15, 0.2) is 35.6 Å². The summed E-state index contributed by atoms with van der Waals surface area (Å²) in [6.07, 6.45) is 6.38. The summed E-state index contributed by atoms with van der Waals surface area (Å²) < 4.78 is 5.83. The highest BCUT2D eigenvalue weighted by molar-refractivity contribution is 7.99. The second-order valence-corrected chi connectivity index (χ2v) is 9.24. The standard InChI is InChI=1S/C21H24N2OS2/c1-14-4-7-16(8-5-14)24-10-3-11-25-20-19-17-9-6-15(2)12-18(17)26-21(19)23-13-22-20/h4-5,7-8,13,15H,3,6,9-12H2,1-2H3/t15-/m1/s1. The molecule has 0 saturated heterocycles. The van der Waals surface area contributed by atoms with E-state index in [0.717, 1.165) is 40.3 Å². The summed E-state index contributed by atoms with van der Waals surface area (Å²) in [5, 5.41) is 2.47. The average molecular weight is 385 g/mol. The van der Waals surface area contributed by atoms with Gasteiger partial charge in [0.25, 0.3) is 0 Å². The highest BCUT2D eigenvalue weighted by Crippen LogP contribution is 2.40. The molecule has 0 unspecified atom stereocenters. The van der Waals surface area contributed by atoms with Crippen LogP contribution in [0.2, 0.25) is 0 Å². The number of aryl methyl sites for hydroxylation is 2. The van der Waals surface area contributed by atoms with E-state index >= 15 is 0 Å². The Kier molecular flexibility index (Phi) is 5.46. The molecule has 4 rings (SSSR count). The smallest absolute Gasteiger partial charge is 0.128 e. The zero-order valence-corrected chi connectivity index (χ0v) is 17.0. The van der Waals surface area contributed by atoms with Crippen LogP contribution in [-0.4, -0.2) is 22.3 Å². The van der Waals surface area contributed by atoms with Gasteiger partial charge in [-0.2, -0.15) is 0 Å². The number of benzene rings is 1. The van der Waals surface area contributed by atoms with Crippen molar-refractivity contribution < 1.29 is 4.74 Å². The van der Waals surface area contributed by atoms with Crippen LogP contribution in [0.5, 0.6) is 5.75 Å². The number of thiophene rings is 1. The van der Waals surface area contributed by atoms with Crippen LogP contribution in [0.1, 0.15) is 35.8 Å². The number of ether oxygens (including phenoxy) is 1. The Morgan fingerprint density at radius 2 is 2.08 bits per heavy atom. The van der Waals surface area contributed by atoms with Crippen LogP contribution < -0.4 is 4.74 Å². The maximum absolute atomic E-state index is 5.83. The van der Waals surface area contributed by atoms with E-state index in [2.05, 4.69) is 35.9 Å². The minimum Gasteiger partial charge on any atom is -0.494 e. The van der Waals surface area contributed by atoms with Gasteiger partial charge < -0.3 is 4.74 Å². The molecular weight excluding hydrogens is 360 g/mol. The van der Waals surface area contributed by atoms with Crippen molar-refractivity contribution in [3.8, 4) is 5.75 Å². The molecule has 0 radical (unpaired) electrons. The highest BCUT2D eigenvalue weighted by Gasteiger charge is 2.22. The fraction of sp³-hybridized carbons (Fsp3) is 0.429. The third-order valence-corrected chi connectivity index (χ3v) is 7.11. The van der Waals surface area contributed by atoms with Crippen molar-refractivity contribution in [2.75, 3.05) is 12.4 Å². The van der Waals surface area contributed by atoms with Crippen molar-refractivity contribution in [3.63, 3.8) is 0 Å². The van der Waals surface area contributed by atoms with Gasteiger partial charge in [0, 0.05) is 16.0 Å². The molecule has 136 valence electrons. The molecule has 0 spiro atoms. The van der Waals surface area contributed by atoms with Crippen LogP contribution in [0, 0.1) is 12.8 Å². The predicted molar refractivity (Wildman–Crippen MR) is 111 cm³/mol. The lowest BCUT2D eigenvalue weighted by molar-refractivity contribution is 0.318. The minimum absolute atomic E-state index is 0.740. The molecule has 1 atom stereocenters. The van der Waals surface area contributed by atoms with Gasteiger partial charge in [-0.3, -0.25) is 0 Å². The summed E-state index contributed by atoms with van der Waals surface area (Å²) in [5.74, 6) is 2.75. The number of aromatic nitrogens is 2. The van der Waals surface area contributed by atoms with Crippen molar-refractivity contribution in [1.29, 1.82) is 0 Å². The molecule has 1 aromatic carbocycles. The van der Waals surface area contributed by atoms with Crippen molar-refractivity contribution in [1.82, 2.24) is 9.97 Å². The number of hydrogen-bond acceptors (Lipinski definition) is 5. The normalized spacial score (nSPS) is 16.6. The van der Waals surface area contributed by atoms with E-state index in [1.807, 2.05) is 35.2 Å². The van der Waals surface area contributed by atoms with Gasteiger partial charge in [-0.25, -0.2) is 9.97 Å². The monoisotopic (exact) mass is 384 g/mol. The molecular formula is C21H24N2OS2. The maximum atomic E-state index is 5.83. The Labute approximate surface area is 163 Å². The lowest BCUT2D eigenvalue weighted by Gasteiger charge is -2.18. The van der Waals surface area contributed by atoms with Crippen LogP contribution in [0.25, 0.3) is 10.2 Å². The molecule has 0 aliphatic heterocycles. The zero-order chi connectivity index (χ0) is 17.9. The number of nitrogens with zero attached hydrogens (tertiary/aromatic N) is 2. The van der Waals surface area contributed by atoms with Gasteiger partial charge in [0.05, 0.1) is 6.61 Å². The fourth-order valence-electron chi connectivity index (χ4n) is 3.41. The summed E-state index contributed by atoms with van der Waals surface area (Å²) in [4.78, 5) is 11.8. The molecule has 2 aromatic heterocycles. The zero-order valence-electron chi connectivity index (χ0n) is 15.3. The van der Waals surface area contributed by atoms with Gasteiger partial charge in [0.15, 0.2) is 0 Å². The minimum atomic E-state index is 0.740. The van der Waals surface area contributed by atoms with E-state index in [1.165, 1.54) is 40.7 Å². The van der Waals surface area contributed by atoms with E-state index < -0.39 is 0 Å². The second kappa shape index (κ2) is 7.97. The second-order valence-electron chi connectivity index (χ2n) is 7.07. The molecule has 0 saturated carbocycles. The Hall–Kier alpha value is -1.59. The van der Waals surface area contributed by atoms with Gasteiger partial charge in [0.1, 0.15) is 21.9 Å². The van der Waals surface area contributed by atoms with Gasteiger partial charge in [-0.05, 0) is 56.2 Å². The maximum Gasteiger partial charge on any atom is 0.128 e. The molecule has 0 fully saturated rings. The Bertz CT molecular complexity index is 889. The molecule has 0 bridgehead atoms. The lowest BCUT2D eigenvalue weighted by atomic mass is 9.89. The van der Waals surface area contributed by atoms with E-state index in [1.54, 1.807) is 6.33 Å². The third kappa shape index (κ3) is 3.89. The fourth-order valence-corrected chi connectivity index (χ4v) is 5.76. The third-order valence-electron chi connectivity index (χ3n) is 4.87. The van der Waals surface area contributed by atoms with Gasteiger partial charge in [-0.1, -0.05) is 24.6 Å². The van der Waals surface area contributed by atoms with Gasteiger partial charge >= 0.3 is 0 Å².